The smallest absolute Gasteiger partial charge is 0.258 e. The molecule has 1 aliphatic carbocycles. The first kappa shape index (κ1) is 22.8. The van der Waals surface area contributed by atoms with Crippen molar-refractivity contribution in [2.45, 2.75) is 54.6 Å². The molecule has 32 heavy (non-hydrogen) atoms. The molecule has 1 aromatic carbocycles. The lowest BCUT2D eigenvalue weighted by atomic mass is 10.2. The Bertz CT molecular complexity index is 1140. The number of aromatic hydroxyl groups is 1. The molecule has 2 N–H and O–H groups in total. The number of anilines is 1. The number of thioether (sulfide) groups is 1. The molecule has 1 amide bonds. The molecule has 4 rings (SSSR count). The fourth-order valence-electron chi connectivity index (χ4n) is 4.17. The molecule has 2 fully saturated rings. The number of carbonyl (C=O) groups excluding carboxylic acids is 1. The molecule has 2 aliphatic rings. The second-order valence-electron chi connectivity index (χ2n) is 8.02. The van der Waals surface area contributed by atoms with E-state index in [1.807, 2.05) is 0 Å². The van der Waals surface area contributed by atoms with Crippen LogP contribution in [0.1, 0.15) is 44.6 Å². The minimum atomic E-state index is -3.50. The highest BCUT2D eigenvalue weighted by Gasteiger charge is 2.27. The second kappa shape index (κ2) is 9.63. The van der Waals surface area contributed by atoms with Crippen LogP contribution >= 0.6 is 11.8 Å². The summed E-state index contributed by atoms with van der Waals surface area (Å²) in [5, 5.41) is 12.8. The van der Waals surface area contributed by atoms with Gasteiger partial charge in [-0.25, -0.2) is 8.42 Å². The quantitative estimate of drug-likeness (QED) is 0.463. The van der Waals surface area contributed by atoms with Crippen LogP contribution in [-0.4, -0.2) is 52.1 Å². The molecule has 9 nitrogen and oxygen atoms in total. The van der Waals surface area contributed by atoms with E-state index in [0.29, 0.717) is 23.9 Å². The molecule has 0 spiro atoms. The van der Waals surface area contributed by atoms with Crippen LogP contribution in [0.15, 0.2) is 45.2 Å². The Kier molecular flexibility index (Phi) is 6.87. The molecule has 2 aromatic rings. The molecule has 2 heterocycles. The third kappa shape index (κ3) is 5.00. The lowest BCUT2D eigenvalue weighted by molar-refractivity contribution is -0.113. The van der Waals surface area contributed by atoms with Crippen molar-refractivity contribution in [2.24, 2.45) is 0 Å². The highest BCUT2D eigenvalue weighted by Crippen LogP contribution is 2.32. The summed E-state index contributed by atoms with van der Waals surface area (Å²) in [6.07, 6.45) is 5.55. The number of hydrogen-bond acceptors (Lipinski definition) is 7. The summed E-state index contributed by atoms with van der Waals surface area (Å²) in [4.78, 5) is 29.1. The van der Waals surface area contributed by atoms with Gasteiger partial charge in [0.1, 0.15) is 0 Å². The molecule has 0 bridgehead atoms. The van der Waals surface area contributed by atoms with Crippen molar-refractivity contribution < 1.29 is 18.3 Å². The van der Waals surface area contributed by atoms with E-state index in [2.05, 4.69) is 10.3 Å². The van der Waals surface area contributed by atoms with Crippen LogP contribution in [0.5, 0.6) is 5.88 Å². The van der Waals surface area contributed by atoms with E-state index in [0.717, 1.165) is 56.4 Å². The van der Waals surface area contributed by atoms with E-state index in [9.17, 15) is 23.1 Å². The van der Waals surface area contributed by atoms with Crippen LogP contribution in [0.25, 0.3) is 0 Å². The summed E-state index contributed by atoms with van der Waals surface area (Å²) in [5.74, 6) is -0.682. The molecule has 1 saturated heterocycles. The summed E-state index contributed by atoms with van der Waals surface area (Å²) in [6.45, 7) is 1.07. The van der Waals surface area contributed by atoms with Gasteiger partial charge in [0.15, 0.2) is 5.16 Å². The summed E-state index contributed by atoms with van der Waals surface area (Å²) in [7, 11) is -3.50. The third-order valence-corrected chi connectivity index (χ3v) is 8.63. The van der Waals surface area contributed by atoms with Crippen LogP contribution in [0.4, 0.5) is 5.69 Å². The fraction of sp³-hybridized carbons (Fsp3) is 0.476. The van der Waals surface area contributed by atoms with E-state index < -0.39 is 10.0 Å². The topological polar surface area (TPSA) is 122 Å². The molecular weight excluding hydrogens is 452 g/mol. The van der Waals surface area contributed by atoms with E-state index >= 15 is 0 Å². The summed E-state index contributed by atoms with van der Waals surface area (Å²) < 4.78 is 28.3. The van der Waals surface area contributed by atoms with Crippen LogP contribution in [0.3, 0.4) is 0 Å². The van der Waals surface area contributed by atoms with Gasteiger partial charge in [-0.05, 0) is 49.9 Å². The van der Waals surface area contributed by atoms with Gasteiger partial charge < -0.3 is 10.4 Å². The molecule has 1 saturated carbocycles. The Morgan fingerprint density at radius 2 is 1.78 bits per heavy atom. The number of carbonyl (C=O) groups is 1. The minimum absolute atomic E-state index is 0.00353. The minimum Gasteiger partial charge on any atom is -0.493 e. The maximum atomic E-state index is 12.6. The molecule has 0 atom stereocenters. The molecule has 172 valence electrons. The second-order valence-corrected chi connectivity index (χ2v) is 10.9. The van der Waals surface area contributed by atoms with Crippen molar-refractivity contribution in [3.63, 3.8) is 0 Å². The molecule has 0 unspecified atom stereocenters. The Morgan fingerprint density at radius 3 is 2.44 bits per heavy atom. The molecule has 11 heteroatoms. The monoisotopic (exact) mass is 478 g/mol. The number of sulfonamides is 1. The highest BCUT2D eigenvalue weighted by atomic mass is 32.2. The normalized spacial score (nSPS) is 17.6. The lowest BCUT2D eigenvalue weighted by Gasteiger charge is -2.17. The number of aromatic nitrogens is 2. The molecule has 1 aliphatic heterocycles. The predicted octanol–water partition coefficient (Wildman–Crippen LogP) is 2.58. The largest absolute Gasteiger partial charge is 0.493 e. The van der Waals surface area contributed by atoms with Crippen molar-refractivity contribution in [3.8, 4) is 5.88 Å². The van der Waals surface area contributed by atoms with E-state index in [-0.39, 0.29) is 34.0 Å². The first-order valence-electron chi connectivity index (χ1n) is 10.7. The maximum Gasteiger partial charge on any atom is 0.258 e. The average Bonchev–Trinajstić information content (AvgIpc) is 3.47. The maximum absolute atomic E-state index is 12.6. The van der Waals surface area contributed by atoms with Gasteiger partial charge in [-0.1, -0.05) is 24.6 Å². The zero-order valence-electron chi connectivity index (χ0n) is 17.6. The van der Waals surface area contributed by atoms with Crippen molar-refractivity contribution >= 4 is 33.4 Å². The molecule has 0 radical (unpaired) electrons. The Labute approximate surface area is 190 Å². The first-order valence-corrected chi connectivity index (χ1v) is 13.1. The highest BCUT2D eigenvalue weighted by molar-refractivity contribution is 7.99. The number of hydrogen-bond donors (Lipinski definition) is 2. The Balaban J connectivity index is 1.40. The number of rotatable bonds is 7. The summed E-state index contributed by atoms with van der Waals surface area (Å²) in [5.41, 5.74) is 0.162. The van der Waals surface area contributed by atoms with E-state index in [1.165, 1.54) is 16.4 Å². The van der Waals surface area contributed by atoms with Gasteiger partial charge in [-0.2, -0.15) is 9.29 Å². The van der Waals surface area contributed by atoms with Crippen LogP contribution in [0, 0.1) is 0 Å². The standard InChI is InChI=1S/C21H26N4O5S2/c26-18-13-20(28)25(16-5-1-2-6-16)21(23-18)31-14-19(27)22-15-7-9-17(10-8-15)32(29,30)24-11-3-4-12-24/h7-10,13,16,26H,1-6,11-12,14H2,(H,22,27). The Hall–Kier alpha value is -2.37. The summed E-state index contributed by atoms with van der Waals surface area (Å²) in [6, 6.07) is 7.24. The van der Waals surface area contributed by atoms with Gasteiger partial charge in [0.2, 0.25) is 21.8 Å². The zero-order valence-corrected chi connectivity index (χ0v) is 19.2. The average molecular weight is 479 g/mol. The van der Waals surface area contributed by atoms with Crippen LogP contribution in [0.2, 0.25) is 0 Å². The fourth-order valence-corrected chi connectivity index (χ4v) is 6.56. The van der Waals surface area contributed by atoms with Gasteiger partial charge >= 0.3 is 0 Å². The van der Waals surface area contributed by atoms with Gasteiger partial charge in [-0.3, -0.25) is 14.2 Å². The predicted molar refractivity (Wildman–Crippen MR) is 121 cm³/mol. The number of nitrogens with one attached hydrogen (secondary N) is 1. The van der Waals surface area contributed by atoms with Crippen molar-refractivity contribution in [1.82, 2.24) is 13.9 Å². The third-order valence-electron chi connectivity index (χ3n) is 5.77. The molecule has 1 aromatic heterocycles. The van der Waals surface area contributed by atoms with Crippen molar-refractivity contribution in [2.75, 3.05) is 24.2 Å². The summed E-state index contributed by atoms with van der Waals surface area (Å²) >= 11 is 1.09. The zero-order chi connectivity index (χ0) is 22.7. The van der Waals surface area contributed by atoms with Gasteiger partial charge in [0.25, 0.3) is 5.56 Å². The SMILES string of the molecule is O=C(CSc1nc(O)cc(=O)n1C1CCCC1)Nc1ccc(S(=O)(=O)N2CCCC2)cc1. The van der Waals surface area contributed by atoms with Crippen molar-refractivity contribution in [1.29, 1.82) is 0 Å². The Morgan fingerprint density at radius 1 is 1.12 bits per heavy atom. The van der Waals surface area contributed by atoms with E-state index in [4.69, 9.17) is 0 Å². The van der Waals surface area contributed by atoms with Gasteiger partial charge in [0.05, 0.1) is 16.7 Å². The van der Waals surface area contributed by atoms with E-state index in [1.54, 1.807) is 16.7 Å². The van der Waals surface area contributed by atoms with Crippen LogP contribution in [-0.2, 0) is 14.8 Å². The number of amides is 1. The first-order chi connectivity index (χ1) is 15.3. The number of nitrogens with zero attached hydrogens (tertiary/aromatic N) is 3. The van der Waals surface area contributed by atoms with Crippen molar-refractivity contribution in [3.05, 3.63) is 40.7 Å². The molecular formula is C21H26N4O5S2. The van der Waals surface area contributed by atoms with Gasteiger partial charge in [-0.15, -0.1) is 0 Å². The van der Waals surface area contributed by atoms with Gasteiger partial charge in [0, 0.05) is 24.8 Å². The lowest BCUT2D eigenvalue weighted by Crippen LogP contribution is -2.27. The number of benzene rings is 1. The van der Waals surface area contributed by atoms with Crippen LogP contribution < -0.4 is 10.9 Å².